The molecule has 0 aromatic carbocycles. The van der Waals surface area contributed by atoms with Crippen LogP contribution in [0.4, 0.5) is 0 Å². The SMILES string of the molecule is CC/C=C\C[C@H](O)/C=C/C=C/C=C\C=C/[C@@H](O)[C@H](O)CCCC(=O)O[C@H](CO/C=C/CCCCCCCCCCCCCC)COP(=O)([O-])OCC[N+](C)(C)C. The van der Waals surface area contributed by atoms with E-state index in [9.17, 15) is 29.6 Å². The maximum Gasteiger partial charge on any atom is 0.306 e. The third-order valence-corrected chi connectivity index (χ3v) is 9.64. The van der Waals surface area contributed by atoms with Gasteiger partial charge in [-0.15, -0.1) is 0 Å². The molecule has 5 atom stereocenters. The highest BCUT2D eigenvalue weighted by Crippen LogP contribution is 2.38. The molecule has 324 valence electrons. The number of likely N-dealkylation sites (N-methyl/N-ethyl adjacent to an activating group) is 1. The molecule has 0 heterocycles. The number of rotatable bonds is 37. The number of esters is 1. The lowest BCUT2D eigenvalue weighted by molar-refractivity contribution is -0.870. The van der Waals surface area contributed by atoms with Crippen molar-refractivity contribution in [1.29, 1.82) is 0 Å². The Morgan fingerprint density at radius 1 is 0.732 bits per heavy atom. The van der Waals surface area contributed by atoms with Gasteiger partial charge in [-0.05, 0) is 44.6 Å². The summed E-state index contributed by atoms with van der Waals surface area (Å²) in [5.74, 6) is -0.611. The van der Waals surface area contributed by atoms with Gasteiger partial charge < -0.3 is 43.2 Å². The van der Waals surface area contributed by atoms with E-state index in [4.69, 9.17) is 18.5 Å². The van der Waals surface area contributed by atoms with Crippen molar-refractivity contribution in [2.24, 2.45) is 0 Å². The molecule has 0 saturated carbocycles. The molecule has 12 heteroatoms. The summed E-state index contributed by atoms with van der Waals surface area (Å²) in [6, 6.07) is 0. The van der Waals surface area contributed by atoms with Gasteiger partial charge in [-0.1, -0.05) is 145 Å². The van der Waals surface area contributed by atoms with Gasteiger partial charge in [-0.25, -0.2) is 0 Å². The first-order chi connectivity index (χ1) is 26.8. The Balaban J connectivity index is 4.69. The van der Waals surface area contributed by atoms with E-state index in [1.807, 2.05) is 46.3 Å². The van der Waals surface area contributed by atoms with Crippen LogP contribution in [0.1, 0.15) is 129 Å². The van der Waals surface area contributed by atoms with E-state index in [1.54, 1.807) is 48.8 Å². The van der Waals surface area contributed by atoms with Crippen molar-refractivity contribution in [2.75, 3.05) is 47.5 Å². The highest BCUT2D eigenvalue weighted by molar-refractivity contribution is 7.45. The lowest BCUT2D eigenvalue weighted by atomic mass is 10.0. The number of allylic oxidation sites excluding steroid dienone is 8. The van der Waals surface area contributed by atoms with E-state index in [0.29, 0.717) is 17.4 Å². The molecule has 3 N–H and O–H groups in total. The minimum Gasteiger partial charge on any atom is -0.756 e. The summed E-state index contributed by atoms with van der Waals surface area (Å²) in [4.78, 5) is 25.0. The highest BCUT2D eigenvalue weighted by Gasteiger charge is 2.21. The third kappa shape index (κ3) is 37.2. The zero-order valence-corrected chi connectivity index (χ0v) is 36.3. The lowest BCUT2D eigenvalue weighted by Gasteiger charge is -2.28. The molecule has 0 aliphatic heterocycles. The summed E-state index contributed by atoms with van der Waals surface area (Å²) in [5, 5.41) is 30.5. The van der Waals surface area contributed by atoms with Crippen LogP contribution in [-0.4, -0.2) is 97.7 Å². The minimum atomic E-state index is -4.64. The average Bonchev–Trinajstić information content (AvgIpc) is 3.13. The van der Waals surface area contributed by atoms with Crippen molar-refractivity contribution in [3.05, 3.63) is 73.1 Å². The molecule has 0 radical (unpaired) electrons. The van der Waals surface area contributed by atoms with E-state index >= 15 is 0 Å². The van der Waals surface area contributed by atoms with Crippen LogP contribution in [0.15, 0.2) is 73.1 Å². The van der Waals surface area contributed by atoms with Gasteiger partial charge in [0.2, 0.25) is 0 Å². The number of nitrogens with zero attached hydrogens (tertiary/aromatic N) is 1. The molecule has 0 aromatic rings. The number of unbranched alkanes of at least 4 members (excludes halogenated alkanes) is 12. The second kappa shape index (κ2) is 35.8. The van der Waals surface area contributed by atoms with Crippen molar-refractivity contribution in [3.63, 3.8) is 0 Å². The van der Waals surface area contributed by atoms with Crippen molar-refractivity contribution in [3.8, 4) is 0 Å². The smallest absolute Gasteiger partial charge is 0.306 e. The minimum absolute atomic E-state index is 0.0508. The van der Waals surface area contributed by atoms with E-state index in [1.165, 1.54) is 70.3 Å². The molecule has 1 unspecified atom stereocenters. The monoisotopic (exact) mass is 812 g/mol. The molecule has 0 amide bonds. The maximum absolute atomic E-state index is 12.7. The van der Waals surface area contributed by atoms with Gasteiger partial charge in [0.25, 0.3) is 7.82 Å². The molecule has 0 rings (SSSR count). The Hall–Kier alpha value is -2.34. The fourth-order valence-corrected chi connectivity index (χ4v) is 5.99. The van der Waals surface area contributed by atoms with Gasteiger partial charge in [0.05, 0.1) is 52.3 Å². The summed E-state index contributed by atoms with van der Waals surface area (Å²) >= 11 is 0. The fourth-order valence-electron chi connectivity index (χ4n) is 5.26. The summed E-state index contributed by atoms with van der Waals surface area (Å²) < 4.78 is 34.0. The van der Waals surface area contributed by atoms with Gasteiger partial charge >= 0.3 is 5.97 Å². The standard InChI is InChI=1S/C44H78NO10P/c1-6-8-10-11-12-13-14-15-16-17-18-21-24-28-36-52-38-41(39-54-56(50,51)53-37-35-45(3,4)5)55-44(49)34-29-33-43(48)42(47)32-27-23-20-19-22-26-31-40(46)30-25-9-7-2/h9,19-20,22-23,25-28,31-32,36,40-43,46-48H,6-8,10-18,21,24,29-30,33-35,37-39H2,1-5H3/b22-19+,23-20-,25-9-,31-26+,32-27-,36-28+/t40-,41+,42+,43+/m0/s1. The molecule has 0 saturated heterocycles. The van der Waals surface area contributed by atoms with Crippen LogP contribution in [0.5, 0.6) is 0 Å². The number of aliphatic hydroxyl groups excluding tert-OH is 3. The van der Waals surface area contributed by atoms with Crippen LogP contribution in [0.25, 0.3) is 0 Å². The number of carbonyl (C=O) groups is 1. The summed E-state index contributed by atoms with van der Waals surface area (Å²) in [6.07, 6.45) is 35.2. The second-order valence-electron chi connectivity index (χ2n) is 15.3. The summed E-state index contributed by atoms with van der Waals surface area (Å²) in [6.45, 7) is 4.11. The van der Waals surface area contributed by atoms with Crippen molar-refractivity contribution in [1.82, 2.24) is 0 Å². The topological polar surface area (TPSA) is 155 Å². The van der Waals surface area contributed by atoms with Gasteiger partial charge in [-0.3, -0.25) is 9.36 Å². The molecular weight excluding hydrogens is 733 g/mol. The third-order valence-electron chi connectivity index (χ3n) is 8.68. The number of aliphatic hydroxyl groups is 3. The van der Waals surface area contributed by atoms with E-state index in [2.05, 4.69) is 6.92 Å². The van der Waals surface area contributed by atoms with Gasteiger partial charge in [0, 0.05) is 6.42 Å². The van der Waals surface area contributed by atoms with Gasteiger partial charge in [0.1, 0.15) is 19.8 Å². The largest absolute Gasteiger partial charge is 0.756 e. The van der Waals surface area contributed by atoms with Gasteiger partial charge in [0.15, 0.2) is 6.10 Å². The Morgan fingerprint density at radius 2 is 1.32 bits per heavy atom. The first kappa shape index (κ1) is 53.7. The molecule has 0 aromatic heterocycles. The Kier molecular flexibility index (Phi) is 34.3. The first-order valence-corrected chi connectivity index (χ1v) is 22.5. The molecule has 0 fully saturated rings. The number of quaternary nitrogens is 1. The maximum atomic E-state index is 12.7. The normalized spacial score (nSPS) is 16.2. The van der Waals surface area contributed by atoms with Crippen LogP contribution in [-0.2, 0) is 27.9 Å². The van der Waals surface area contributed by atoms with Crippen LogP contribution in [0.3, 0.4) is 0 Å². The van der Waals surface area contributed by atoms with Crippen LogP contribution < -0.4 is 4.89 Å². The van der Waals surface area contributed by atoms with Crippen LogP contribution in [0.2, 0.25) is 0 Å². The quantitative estimate of drug-likeness (QED) is 0.0106. The number of carbonyl (C=O) groups excluding carboxylic acids is 1. The Labute approximate surface area is 340 Å². The average molecular weight is 812 g/mol. The highest BCUT2D eigenvalue weighted by atomic mass is 31.2. The number of phosphoric acid groups is 1. The molecule has 0 spiro atoms. The Bertz CT molecular complexity index is 1180. The number of phosphoric ester groups is 1. The number of hydrogen-bond acceptors (Lipinski definition) is 10. The predicted molar refractivity (Wildman–Crippen MR) is 226 cm³/mol. The fraction of sp³-hybridized carbons (Fsp3) is 0.705. The van der Waals surface area contributed by atoms with E-state index < -0.39 is 44.8 Å². The van der Waals surface area contributed by atoms with Crippen molar-refractivity contribution >= 4 is 13.8 Å². The zero-order chi connectivity index (χ0) is 41.8. The molecule has 0 aliphatic rings. The summed E-state index contributed by atoms with van der Waals surface area (Å²) in [7, 11) is 1.10. The van der Waals surface area contributed by atoms with E-state index in [0.717, 1.165) is 25.7 Å². The zero-order valence-electron chi connectivity index (χ0n) is 35.4. The van der Waals surface area contributed by atoms with Gasteiger partial charge in [-0.2, -0.15) is 0 Å². The summed E-state index contributed by atoms with van der Waals surface area (Å²) in [5.41, 5.74) is 0. The van der Waals surface area contributed by atoms with E-state index in [-0.39, 0.29) is 32.5 Å². The van der Waals surface area contributed by atoms with Crippen molar-refractivity contribution in [2.45, 2.75) is 154 Å². The van der Waals surface area contributed by atoms with Crippen LogP contribution >= 0.6 is 7.82 Å². The second-order valence-corrected chi connectivity index (χ2v) is 16.7. The number of hydrogen-bond donors (Lipinski definition) is 3. The first-order valence-electron chi connectivity index (χ1n) is 21.0. The lowest BCUT2D eigenvalue weighted by Crippen LogP contribution is -2.37. The predicted octanol–water partition coefficient (Wildman–Crippen LogP) is 8.56. The molecule has 11 nitrogen and oxygen atoms in total. The molecule has 0 bridgehead atoms. The Morgan fingerprint density at radius 3 is 1.93 bits per heavy atom. The van der Waals surface area contributed by atoms with Crippen LogP contribution in [0, 0.1) is 0 Å². The molecular formula is C44H78NO10P. The molecule has 0 aliphatic carbocycles. The van der Waals surface area contributed by atoms with Crippen molar-refractivity contribution < 1.29 is 52.6 Å². The number of ether oxygens (including phenoxy) is 2. The molecule has 56 heavy (non-hydrogen) atoms.